The van der Waals surface area contributed by atoms with E-state index in [1.807, 2.05) is 6.92 Å². The average molecular weight is 354 g/mol. The molecule has 1 rings (SSSR count). The van der Waals surface area contributed by atoms with Crippen molar-refractivity contribution in [2.45, 2.75) is 31.2 Å². The van der Waals surface area contributed by atoms with Gasteiger partial charge in [0.2, 0.25) is 10.0 Å². The summed E-state index contributed by atoms with van der Waals surface area (Å²) in [5, 5.41) is 11.7. The number of benzene rings is 1. The van der Waals surface area contributed by atoms with Gasteiger partial charge in [-0.2, -0.15) is 0 Å². The van der Waals surface area contributed by atoms with Crippen molar-refractivity contribution in [2.24, 2.45) is 5.92 Å². The number of carbonyl (C=O) groups excluding carboxylic acids is 1. The molecule has 0 aromatic heterocycles. The normalized spacial score (nSPS) is 13.8. The number of nitrogens with one attached hydrogen (secondary N) is 2. The molecule has 1 aromatic carbocycles. The lowest BCUT2D eigenvalue weighted by molar-refractivity contribution is -0.140. The van der Waals surface area contributed by atoms with Crippen molar-refractivity contribution < 1.29 is 23.1 Å². The van der Waals surface area contributed by atoms with Gasteiger partial charge in [0.1, 0.15) is 6.04 Å². The third kappa shape index (κ3) is 5.17. The highest BCUT2D eigenvalue weighted by Crippen LogP contribution is 2.13. The summed E-state index contributed by atoms with van der Waals surface area (Å²) in [6.07, 6.45) is 1.98. The minimum absolute atomic E-state index is 0.0634. The lowest BCUT2D eigenvalue weighted by Gasteiger charge is -2.20. The lowest BCUT2D eigenvalue weighted by atomic mass is 9.99. The minimum atomic E-state index is -3.76. The molecule has 24 heavy (non-hydrogen) atoms. The molecular weight excluding hydrogens is 332 g/mol. The van der Waals surface area contributed by atoms with Crippen LogP contribution >= 0.6 is 0 Å². The largest absolute Gasteiger partial charge is 0.480 e. The number of aliphatic carboxylic acids is 1. The van der Waals surface area contributed by atoms with Crippen LogP contribution in [0.1, 0.15) is 30.6 Å². The summed E-state index contributed by atoms with van der Waals surface area (Å²) in [4.78, 5) is 23.5. The molecule has 1 aromatic rings. The van der Waals surface area contributed by atoms with Crippen molar-refractivity contribution >= 4 is 21.9 Å². The first kappa shape index (κ1) is 19.9. The number of hydrogen-bond donors (Lipinski definition) is 3. The Kier molecular flexibility index (Phi) is 7.12. The maximum absolute atomic E-state index is 12.3. The number of sulfonamides is 1. The highest BCUT2D eigenvalue weighted by Gasteiger charge is 2.26. The Balaban J connectivity index is 3.02. The number of carbonyl (C=O) groups is 2. The van der Waals surface area contributed by atoms with Gasteiger partial charge in [0.25, 0.3) is 5.91 Å². The van der Waals surface area contributed by atoms with E-state index in [-0.39, 0.29) is 22.9 Å². The standard InChI is InChI=1S/C16H22N2O5S/c1-4-9-17-24(22,23)13-8-6-7-12(10-13)15(19)18-14(16(20)21)11(3)5-2/h4,6-8,10-11,14,17H,1,5,9H2,2-3H3,(H,18,19)(H,20,21). The van der Waals surface area contributed by atoms with E-state index in [4.69, 9.17) is 0 Å². The molecule has 0 aliphatic heterocycles. The molecule has 0 aliphatic rings. The van der Waals surface area contributed by atoms with Crippen LogP contribution in [0.15, 0.2) is 41.8 Å². The predicted octanol–water partition coefficient (Wildman–Crippen LogP) is 1.38. The molecule has 0 fully saturated rings. The van der Waals surface area contributed by atoms with Crippen LogP contribution < -0.4 is 10.0 Å². The van der Waals surface area contributed by atoms with E-state index in [1.165, 1.54) is 30.3 Å². The van der Waals surface area contributed by atoms with E-state index in [0.29, 0.717) is 6.42 Å². The quantitative estimate of drug-likeness (QED) is 0.580. The average Bonchev–Trinajstić information content (AvgIpc) is 2.56. The topological polar surface area (TPSA) is 113 Å². The van der Waals surface area contributed by atoms with Crippen molar-refractivity contribution in [3.8, 4) is 0 Å². The second kappa shape index (κ2) is 8.60. The first-order valence-electron chi connectivity index (χ1n) is 7.47. The van der Waals surface area contributed by atoms with E-state index >= 15 is 0 Å². The van der Waals surface area contributed by atoms with Crippen LogP contribution in [0, 0.1) is 5.92 Å². The fraction of sp³-hybridized carbons (Fsp3) is 0.375. The van der Waals surface area contributed by atoms with Crippen LogP contribution in [-0.2, 0) is 14.8 Å². The SMILES string of the molecule is C=CCNS(=O)(=O)c1cccc(C(=O)NC(C(=O)O)C(C)CC)c1. The van der Waals surface area contributed by atoms with Gasteiger partial charge in [-0.15, -0.1) is 6.58 Å². The smallest absolute Gasteiger partial charge is 0.326 e. The van der Waals surface area contributed by atoms with Crippen molar-refractivity contribution in [1.29, 1.82) is 0 Å². The Hall–Kier alpha value is -2.19. The second-order valence-corrected chi connectivity index (χ2v) is 7.11. The molecule has 0 saturated heterocycles. The number of carboxylic acids is 1. The molecule has 1 amide bonds. The Morgan fingerprint density at radius 2 is 2.04 bits per heavy atom. The highest BCUT2D eigenvalue weighted by molar-refractivity contribution is 7.89. The van der Waals surface area contributed by atoms with Crippen molar-refractivity contribution in [3.05, 3.63) is 42.5 Å². The van der Waals surface area contributed by atoms with Gasteiger partial charge in [-0.05, 0) is 24.1 Å². The van der Waals surface area contributed by atoms with Gasteiger partial charge in [0.05, 0.1) is 4.90 Å². The maximum Gasteiger partial charge on any atom is 0.326 e. The van der Waals surface area contributed by atoms with Gasteiger partial charge in [-0.1, -0.05) is 32.4 Å². The number of hydrogen-bond acceptors (Lipinski definition) is 4. The lowest BCUT2D eigenvalue weighted by Crippen LogP contribution is -2.45. The molecule has 2 atom stereocenters. The molecule has 0 radical (unpaired) electrons. The first-order valence-corrected chi connectivity index (χ1v) is 8.95. The van der Waals surface area contributed by atoms with Crippen molar-refractivity contribution in [2.75, 3.05) is 6.54 Å². The zero-order valence-corrected chi connectivity index (χ0v) is 14.5. The predicted molar refractivity (Wildman–Crippen MR) is 90.2 cm³/mol. The summed E-state index contributed by atoms with van der Waals surface area (Å²) in [5.74, 6) is -2.02. The van der Waals surface area contributed by atoms with E-state index in [1.54, 1.807) is 6.92 Å². The van der Waals surface area contributed by atoms with Crippen LogP contribution in [0.25, 0.3) is 0 Å². The fourth-order valence-corrected chi connectivity index (χ4v) is 3.01. The summed E-state index contributed by atoms with van der Waals surface area (Å²) in [6.45, 7) is 7.04. The second-order valence-electron chi connectivity index (χ2n) is 5.34. The summed E-state index contributed by atoms with van der Waals surface area (Å²) >= 11 is 0. The van der Waals surface area contributed by atoms with Crippen molar-refractivity contribution in [3.63, 3.8) is 0 Å². The molecule has 3 N–H and O–H groups in total. The third-order valence-corrected chi connectivity index (χ3v) is 5.01. The van der Waals surface area contributed by atoms with Crippen LogP contribution in [0.5, 0.6) is 0 Å². The maximum atomic E-state index is 12.3. The Bertz CT molecular complexity index is 715. The number of amides is 1. The zero-order valence-electron chi connectivity index (χ0n) is 13.7. The molecule has 0 aliphatic carbocycles. The monoisotopic (exact) mass is 354 g/mol. The Labute approximate surface area is 141 Å². The van der Waals surface area contributed by atoms with E-state index < -0.39 is 27.9 Å². The number of carboxylic acid groups (broad SMARTS) is 1. The van der Waals surface area contributed by atoms with Gasteiger partial charge in [-0.3, -0.25) is 4.79 Å². The Morgan fingerprint density at radius 1 is 1.38 bits per heavy atom. The van der Waals surface area contributed by atoms with Gasteiger partial charge < -0.3 is 10.4 Å². The molecule has 0 saturated carbocycles. The molecule has 2 unspecified atom stereocenters. The van der Waals surface area contributed by atoms with E-state index in [2.05, 4.69) is 16.6 Å². The van der Waals surface area contributed by atoms with Crippen LogP contribution in [0.2, 0.25) is 0 Å². The summed E-state index contributed by atoms with van der Waals surface area (Å²) < 4.78 is 26.4. The molecule has 0 heterocycles. The van der Waals surface area contributed by atoms with Crippen molar-refractivity contribution in [1.82, 2.24) is 10.0 Å². The molecular formula is C16H22N2O5S. The number of rotatable bonds is 9. The molecule has 0 bridgehead atoms. The van der Waals surface area contributed by atoms with Crippen LogP contribution in [-0.4, -0.2) is 38.0 Å². The molecule has 8 heteroatoms. The minimum Gasteiger partial charge on any atom is -0.480 e. The summed E-state index contributed by atoms with van der Waals surface area (Å²) in [6, 6.07) is 4.37. The van der Waals surface area contributed by atoms with Gasteiger partial charge in [0, 0.05) is 12.1 Å². The van der Waals surface area contributed by atoms with E-state index in [0.717, 1.165) is 0 Å². The fourth-order valence-electron chi connectivity index (χ4n) is 1.96. The van der Waals surface area contributed by atoms with Gasteiger partial charge in [0.15, 0.2) is 0 Å². The first-order chi connectivity index (χ1) is 11.2. The van der Waals surface area contributed by atoms with Gasteiger partial charge >= 0.3 is 5.97 Å². The van der Waals surface area contributed by atoms with Crippen LogP contribution in [0.4, 0.5) is 0 Å². The van der Waals surface area contributed by atoms with Gasteiger partial charge in [-0.25, -0.2) is 17.9 Å². The molecule has 132 valence electrons. The third-order valence-electron chi connectivity index (χ3n) is 3.59. The van der Waals surface area contributed by atoms with E-state index in [9.17, 15) is 23.1 Å². The Morgan fingerprint density at radius 3 is 2.58 bits per heavy atom. The zero-order chi connectivity index (χ0) is 18.3. The molecule has 7 nitrogen and oxygen atoms in total. The van der Waals surface area contributed by atoms with Crippen LogP contribution in [0.3, 0.4) is 0 Å². The highest BCUT2D eigenvalue weighted by atomic mass is 32.2. The summed E-state index contributed by atoms with van der Waals surface area (Å²) in [7, 11) is -3.76. The summed E-state index contributed by atoms with van der Waals surface area (Å²) in [5.41, 5.74) is 0.0750. The molecule has 0 spiro atoms.